The molecule has 4 heteroatoms. The minimum Gasteiger partial charge on any atom is -0.486 e. The minimum absolute atomic E-state index is 0.226. The van der Waals surface area contributed by atoms with E-state index in [1.807, 2.05) is 24.3 Å². The topological polar surface area (TPSA) is 48.4 Å². The van der Waals surface area contributed by atoms with Crippen LogP contribution in [0.25, 0.3) is 11.0 Å². The summed E-state index contributed by atoms with van der Waals surface area (Å²) in [4.78, 5) is 0. The van der Waals surface area contributed by atoms with E-state index >= 15 is 0 Å². The van der Waals surface area contributed by atoms with Crippen molar-refractivity contribution in [3.63, 3.8) is 0 Å². The van der Waals surface area contributed by atoms with E-state index in [1.54, 1.807) is 19.1 Å². The molecule has 0 radical (unpaired) electrons. The lowest BCUT2D eigenvalue weighted by molar-refractivity contribution is 0.271. The van der Waals surface area contributed by atoms with Gasteiger partial charge in [0.05, 0.1) is 0 Å². The van der Waals surface area contributed by atoms with Crippen molar-refractivity contribution in [1.29, 1.82) is 0 Å². The fraction of sp³-hybridized carbons (Fsp3) is 0.176. The average molecular weight is 285 g/mol. The number of ether oxygens (including phenoxy) is 1. The summed E-state index contributed by atoms with van der Waals surface area (Å²) in [5.74, 6) is 0.873. The summed E-state index contributed by atoms with van der Waals surface area (Å²) in [5.41, 5.74) is 8.10. The fourth-order valence-electron chi connectivity index (χ4n) is 2.30. The zero-order valence-corrected chi connectivity index (χ0v) is 11.7. The lowest BCUT2D eigenvalue weighted by Crippen LogP contribution is -2.02. The molecular weight excluding hydrogens is 269 g/mol. The molecule has 0 fully saturated rings. The summed E-state index contributed by atoms with van der Waals surface area (Å²) in [6, 6.07) is 12.5. The molecule has 0 aliphatic heterocycles. The lowest BCUT2D eigenvalue weighted by atomic mass is 10.1. The largest absolute Gasteiger partial charge is 0.486 e. The molecule has 0 saturated heterocycles. The van der Waals surface area contributed by atoms with Gasteiger partial charge in [-0.15, -0.1) is 0 Å². The van der Waals surface area contributed by atoms with Crippen LogP contribution in [0, 0.1) is 12.7 Å². The zero-order valence-electron chi connectivity index (χ0n) is 11.7. The first-order valence-corrected chi connectivity index (χ1v) is 6.77. The molecule has 2 aromatic carbocycles. The van der Waals surface area contributed by atoms with Crippen LogP contribution in [-0.2, 0) is 13.2 Å². The van der Waals surface area contributed by atoms with Gasteiger partial charge in [-0.1, -0.05) is 24.3 Å². The molecule has 3 rings (SSSR count). The number of para-hydroxylation sites is 1. The van der Waals surface area contributed by atoms with Gasteiger partial charge in [0.25, 0.3) is 0 Å². The van der Waals surface area contributed by atoms with Crippen LogP contribution in [-0.4, -0.2) is 0 Å². The summed E-state index contributed by atoms with van der Waals surface area (Å²) in [7, 11) is 0. The number of hydrogen-bond acceptors (Lipinski definition) is 3. The van der Waals surface area contributed by atoms with Gasteiger partial charge < -0.3 is 14.9 Å². The Balaban J connectivity index is 1.86. The molecule has 0 atom stereocenters. The van der Waals surface area contributed by atoms with Gasteiger partial charge in [-0.3, -0.25) is 0 Å². The second kappa shape index (κ2) is 5.58. The molecule has 0 saturated carbocycles. The number of rotatable bonds is 4. The van der Waals surface area contributed by atoms with Gasteiger partial charge in [0.1, 0.15) is 29.5 Å². The molecule has 0 amide bonds. The quantitative estimate of drug-likeness (QED) is 0.790. The summed E-state index contributed by atoms with van der Waals surface area (Å²) < 4.78 is 24.9. The summed E-state index contributed by atoms with van der Waals surface area (Å²) in [5, 5.41) is 0.994. The highest BCUT2D eigenvalue weighted by molar-refractivity contribution is 5.82. The summed E-state index contributed by atoms with van der Waals surface area (Å²) in [6.45, 7) is 2.31. The van der Waals surface area contributed by atoms with Crippen LogP contribution in [0.15, 0.2) is 46.9 Å². The number of fused-ring (bicyclic) bond motifs is 1. The van der Waals surface area contributed by atoms with Crippen LogP contribution in [0.1, 0.15) is 16.9 Å². The number of nitrogens with two attached hydrogens (primary N) is 1. The van der Waals surface area contributed by atoms with Gasteiger partial charge in [0.2, 0.25) is 0 Å². The van der Waals surface area contributed by atoms with Crippen molar-refractivity contribution in [2.45, 2.75) is 20.1 Å². The third kappa shape index (κ3) is 2.62. The normalized spacial score (nSPS) is 11.0. The first-order valence-electron chi connectivity index (χ1n) is 6.77. The van der Waals surface area contributed by atoms with Crippen molar-refractivity contribution >= 4 is 11.0 Å². The Hall–Kier alpha value is -2.33. The average Bonchev–Trinajstić information content (AvgIpc) is 2.86. The van der Waals surface area contributed by atoms with Crippen molar-refractivity contribution in [1.82, 2.24) is 0 Å². The highest BCUT2D eigenvalue weighted by atomic mass is 19.1. The van der Waals surface area contributed by atoms with Crippen molar-refractivity contribution < 1.29 is 13.5 Å². The zero-order chi connectivity index (χ0) is 14.8. The van der Waals surface area contributed by atoms with E-state index in [2.05, 4.69) is 0 Å². The standard InChI is InChI=1S/C17H16FNO2/c1-11-6-7-12(8-15(11)18)20-10-17-14(9-19)13-4-2-3-5-16(13)21-17/h2-8H,9-10,19H2,1H3. The second-order valence-electron chi connectivity index (χ2n) is 4.90. The first kappa shape index (κ1) is 13.6. The molecule has 1 aromatic heterocycles. The molecule has 0 bridgehead atoms. The van der Waals surface area contributed by atoms with Crippen molar-refractivity contribution in [2.75, 3.05) is 0 Å². The highest BCUT2D eigenvalue weighted by Gasteiger charge is 2.13. The SMILES string of the molecule is Cc1ccc(OCc2oc3ccccc3c2CN)cc1F. The third-order valence-electron chi connectivity index (χ3n) is 3.50. The van der Waals surface area contributed by atoms with Crippen LogP contribution >= 0.6 is 0 Å². The molecule has 2 N–H and O–H groups in total. The molecule has 1 heterocycles. The van der Waals surface area contributed by atoms with Crippen molar-refractivity contribution in [3.8, 4) is 5.75 Å². The Kier molecular flexibility index (Phi) is 3.62. The third-order valence-corrected chi connectivity index (χ3v) is 3.50. The number of halogens is 1. The number of benzene rings is 2. The highest BCUT2D eigenvalue weighted by Crippen LogP contribution is 2.27. The van der Waals surface area contributed by atoms with Crippen LogP contribution in [0.2, 0.25) is 0 Å². The van der Waals surface area contributed by atoms with Gasteiger partial charge in [0.15, 0.2) is 0 Å². The molecule has 21 heavy (non-hydrogen) atoms. The Morgan fingerprint density at radius 1 is 1.19 bits per heavy atom. The van der Waals surface area contributed by atoms with E-state index in [4.69, 9.17) is 14.9 Å². The van der Waals surface area contributed by atoms with Gasteiger partial charge in [0, 0.05) is 23.6 Å². The minimum atomic E-state index is -0.281. The molecular formula is C17H16FNO2. The molecule has 0 aliphatic rings. The maximum atomic E-state index is 13.5. The summed E-state index contributed by atoms with van der Waals surface area (Å²) >= 11 is 0. The predicted octanol–water partition coefficient (Wildman–Crippen LogP) is 3.92. The van der Waals surface area contributed by atoms with Crippen LogP contribution < -0.4 is 10.5 Å². The van der Waals surface area contributed by atoms with E-state index < -0.39 is 0 Å². The molecule has 3 aromatic rings. The lowest BCUT2D eigenvalue weighted by Gasteiger charge is -2.06. The number of aryl methyl sites for hydroxylation is 1. The summed E-state index contributed by atoms with van der Waals surface area (Å²) in [6.07, 6.45) is 0. The fourth-order valence-corrected chi connectivity index (χ4v) is 2.30. The molecule has 0 aliphatic carbocycles. The molecule has 0 unspecified atom stereocenters. The van der Waals surface area contributed by atoms with E-state index in [0.717, 1.165) is 16.5 Å². The second-order valence-corrected chi connectivity index (χ2v) is 4.90. The van der Waals surface area contributed by atoms with Crippen molar-refractivity contribution in [2.24, 2.45) is 5.73 Å². The van der Waals surface area contributed by atoms with Crippen LogP contribution in [0.5, 0.6) is 5.75 Å². The van der Waals surface area contributed by atoms with E-state index in [1.165, 1.54) is 6.07 Å². The van der Waals surface area contributed by atoms with Crippen LogP contribution in [0.3, 0.4) is 0 Å². The molecule has 3 nitrogen and oxygen atoms in total. The van der Waals surface area contributed by atoms with Crippen LogP contribution in [0.4, 0.5) is 4.39 Å². The van der Waals surface area contributed by atoms with Gasteiger partial charge >= 0.3 is 0 Å². The Morgan fingerprint density at radius 3 is 2.76 bits per heavy atom. The van der Waals surface area contributed by atoms with Crippen molar-refractivity contribution in [3.05, 3.63) is 65.2 Å². The Bertz CT molecular complexity index is 780. The number of hydrogen-bond donors (Lipinski definition) is 1. The maximum absolute atomic E-state index is 13.5. The first-order chi connectivity index (χ1) is 10.2. The van der Waals surface area contributed by atoms with Gasteiger partial charge in [-0.2, -0.15) is 0 Å². The Morgan fingerprint density at radius 2 is 2.00 bits per heavy atom. The van der Waals surface area contributed by atoms with E-state index in [-0.39, 0.29) is 12.4 Å². The van der Waals surface area contributed by atoms with Gasteiger partial charge in [-0.05, 0) is 24.6 Å². The monoisotopic (exact) mass is 285 g/mol. The maximum Gasteiger partial charge on any atom is 0.147 e. The smallest absolute Gasteiger partial charge is 0.147 e. The van der Waals surface area contributed by atoms with E-state index in [0.29, 0.717) is 23.6 Å². The molecule has 0 spiro atoms. The Labute approximate surface area is 122 Å². The van der Waals surface area contributed by atoms with Gasteiger partial charge in [-0.25, -0.2) is 4.39 Å². The van der Waals surface area contributed by atoms with E-state index in [9.17, 15) is 4.39 Å². The number of furan rings is 1. The predicted molar refractivity (Wildman–Crippen MR) is 79.6 cm³/mol. The molecule has 108 valence electrons.